The van der Waals surface area contributed by atoms with E-state index in [1.807, 2.05) is 62.4 Å². The molecule has 0 aliphatic carbocycles. The normalized spacial score (nSPS) is 17.7. The molecule has 0 bridgehead atoms. The monoisotopic (exact) mass is 281 g/mol. The van der Waals surface area contributed by atoms with Crippen molar-refractivity contribution in [2.45, 2.75) is 32.4 Å². The van der Waals surface area contributed by atoms with Crippen molar-refractivity contribution in [3.8, 4) is 5.75 Å². The average Bonchev–Trinajstić information content (AvgIpc) is 2.87. The summed E-state index contributed by atoms with van der Waals surface area (Å²) in [5, 5.41) is 3.04. The van der Waals surface area contributed by atoms with Gasteiger partial charge in [0.05, 0.1) is 6.04 Å². The molecule has 0 aromatic heterocycles. The van der Waals surface area contributed by atoms with Crippen molar-refractivity contribution in [3.05, 3.63) is 65.2 Å². The van der Waals surface area contributed by atoms with E-state index in [0.29, 0.717) is 5.56 Å². The summed E-state index contributed by atoms with van der Waals surface area (Å²) < 4.78 is 5.66. The lowest BCUT2D eigenvalue weighted by atomic mass is 10.1. The fourth-order valence-corrected chi connectivity index (χ4v) is 2.67. The van der Waals surface area contributed by atoms with E-state index in [9.17, 15) is 4.79 Å². The first-order valence-corrected chi connectivity index (χ1v) is 7.29. The van der Waals surface area contributed by atoms with Gasteiger partial charge in [-0.2, -0.15) is 0 Å². The van der Waals surface area contributed by atoms with Crippen molar-refractivity contribution in [1.82, 2.24) is 5.32 Å². The lowest BCUT2D eigenvalue weighted by Gasteiger charge is -2.14. The molecule has 0 radical (unpaired) electrons. The van der Waals surface area contributed by atoms with E-state index in [0.717, 1.165) is 23.3 Å². The molecule has 0 saturated heterocycles. The Morgan fingerprint density at radius 1 is 1.24 bits per heavy atom. The molecule has 1 heterocycles. The molecule has 2 aromatic carbocycles. The van der Waals surface area contributed by atoms with Crippen LogP contribution in [-0.4, -0.2) is 12.0 Å². The molecule has 2 aromatic rings. The number of hydrogen-bond acceptors (Lipinski definition) is 2. The highest BCUT2D eigenvalue weighted by atomic mass is 16.5. The van der Waals surface area contributed by atoms with Gasteiger partial charge in [-0.25, -0.2) is 0 Å². The van der Waals surface area contributed by atoms with Crippen molar-refractivity contribution in [2.24, 2.45) is 0 Å². The van der Waals surface area contributed by atoms with Gasteiger partial charge < -0.3 is 10.1 Å². The average molecular weight is 281 g/mol. The zero-order valence-corrected chi connectivity index (χ0v) is 12.3. The predicted molar refractivity (Wildman–Crippen MR) is 82.6 cm³/mol. The zero-order chi connectivity index (χ0) is 14.8. The third kappa shape index (κ3) is 2.92. The summed E-state index contributed by atoms with van der Waals surface area (Å²) in [6.07, 6.45) is 1.06. The van der Waals surface area contributed by atoms with Gasteiger partial charge in [-0.3, -0.25) is 4.79 Å². The van der Waals surface area contributed by atoms with E-state index < -0.39 is 0 Å². The predicted octanol–water partition coefficient (Wildman–Crippen LogP) is 3.50. The molecular weight excluding hydrogens is 262 g/mol. The van der Waals surface area contributed by atoms with Crippen molar-refractivity contribution in [2.75, 3.05) is 0 Å². The number of carbonyl (C=O) groups is 1. The smallest absolute Gasteiger partial charge is 0.251 e. The Bertz CT molecular complexity index is 652. The molecule has 1 amide bonds. The quantitative estimate of drug-likeness (QED) is 0.935. The minimum absolute atomic E-state index is 0.0119. The highest BCUT2D eigenvalue weighted by Gasteiger charge is 2.20. The summed E-state index contributed by atoms with van der Waals surface area (Å²) in [6.45, 7) is 4.03. The highest BCUT2D eigenvalue weighted by molar-refractivity contribution is 5.94. The van der Waals surface area contributed by atoms with E-state index in [4.69, 9.17) is 4.74 Å². The fraction of sp³-hybridized carbons (Fsp3) is 0.278. The Morgan fingerprint density at radius 2 is 2.00 bits per heavy atom. The summed E-state index contributed by atoms with van der Waals surface area (Å²) in [5.74, 6) is 0.851. The number of benzene rings is 2. The van der Waals surface area contributed by atoms with Crippen LogP contribution in [0.2, 0.25) is 0 Å². The van der Waals surface area contributed by atoms with E-state index in [1.54, 1.807) is 0 Å². The Balaban J connectivity index is 1.73. The molecule has 0 spiro atoms. The summed E-state index contributed by atoms with van der Waals surface area (Å²) in [6, 6.07) is 15.6. The topological polar surface area (TPSA) is 38.3 Å². The van der Waals surface area contributed by atoms with Crippen LogP contribution in [0.15, 0.2) is 48.5 Å². The Labute approximate surface area is 124 Å². The Kier molecular flexibility index (Phi) is 3.65. The van der Waals surface area contributed by atoms with Gasteiger partial charge in [0, 0.05) is 12.0 Å². The first-order valence-electron chi connectivity index (χ1n) is 7.29. The van der Waals surface area contributed by atoms with Gasteiger partial charge in [0.2, 0.25) is 0 Å². The summed E-state index contributed by atoms with van der Waals surface area (Å²) in [7, 11) is 0. The number of hydrogen-bond donors (Lipinski definition) is 1. The molecule has 21 heavy (non-hydrogen) atoms. The third-order valence-corrected chi connectivity index (χ3v) is 3.81. The van der Waals surface area contributed by atoms with Crippen LogP contribution in [0.5, 0.6) is 5.75 Å². The van der Waals surface area contributed by atoms with Crippen LogP contribution in [0.4, 0.5) is 0 Å². The second-order valence-corrected chi connectivity index (χ2v) is 5.56. The molecule has 108 valence electrons. The van der Waals surface area contributed by atoms with Crippen LogP contribution < -0.4 is 10.1 Å². The number of rotatable bonds is 3. The first kappa shape index (κ1) is 13.7. The lowest BCUT2D eigenvalue weighted by Crippen LogP contribution is -2.26. The molecule has 3 heteroatoms. The van der Waals surface area contributed by atoms with Crippen LogP contribution in [0.25, 0.3) is 0 Å². The molecule has 3 rings (SSSR count). The number of nitrogens with one attached hydrogen (secondary N) is 1. The van der Waals surface area contributed by atoms with Gasteiger partial charge >= 0.3 is 0 Å². The summed E-state index contributed by atoms with van der Waals surface area (Å²) in [4.78, 5) is 12.4. The molecule has 0 fully saturated rings. The van der Waals surface area contributed by atoms with Gasteiger partial charge in [0.1, 0.15) is 11.9 Å². The van der Waals surface area contributed by atoms with Crippen LogP contribution in [0.1, 0.15) is 41.4 Å². The van der Waals surface area contributed by atoms with Crippen LogP contribution in [0.3, 0.4) is 0 Å². The minimum atomic E-state index is -0.0475. The van der Waals surface area contributed by atoms with E-state index in [1.165, 1.54) is 0 Å². The highest BCUT2D eigenvalue weighted by Crippen LogP contribution is 2.29. The van der Waals surface area contributed by atoms with E-state index in [2.05, 4.69) is 5.32 Å². The molecule has 1 aliphatic heterocycles. The van der Waals surface area contributed by atoms with Crippen molar-refractivity contribution < 1.29 is 9.53 Å². The van der Waals surface area contributed by atoms with Crippen molar-refractivity contribution in [1.29, 1.82) is 0 Å². The van der Waals surface area contributed by atoms with Crippen molar-refractivity contribution >= 4 is 5.91 Å². The third-order valence-electron chi connectivity index (χ3n) is 3.81. The van der Waals surface area contributed by atoms with Gasteiger partial charge in [0.25, 0.3) is 5.91 Å². The molecule has 3 nitrogen and oxygen atoms in total. The number of ether oxygens (including phenoxy) is 1. The Morgan fingerprint density at radius 3 is 2.76 bits per heavy atom. The minimum Gasteiger partial charge on any atom is -0.490 e. The van der Waals surface area contributed by atoms with E-state index in [-0.39, 0.29) is 18.1 Å². The van der Waals surface area contributed by atoms with Gasteiger partial charge in [-0.15, -0.1) is 0 Å². The van der Waals surface area contributed by atoms with Gasteiger partial charge in [0.15, 0.2) is 0 Å². The molecule has 1 aliphatic rings. The number of carbonyl (C=O) groups excluding carboxylic acids is 1. The van der Waals surface area contributed by atoms with Crippen LogP contribution in [0, 0.1) is 0 Å². The fourth-order valence-electron chi connectivity index (χ4n) is 2.67. The first-order chi connectivity index (χ1) is 10.1. The molecule has 0 unspecified atom stereocenters. The van der Waals surface area contributed by atoms with Crippen molar-refractivity contribution in [3.63, 3.8) is 0 Å². The molecule has 1 N–H and O–H groups in total. The van der Waals surface area contributed by atoms with Gasteiger partial charge in [-0.05, 0) is 43.2 Å². The SMILES string of the molecule is C[C@H](NC(=O)c1ccc2c(c1)C[C@H](C)O2)c1ccccc1. The maximum absolute atomic E-state index is 12.4. The van der Waals surface area contributed by atoms with E-state index >= 15 is 0 Å². The Hall–Kier alpha value is -2.29. The van der Waals surface area contributed by atoms with Crippen LogP contribution >= 0.6 is 0 Å². The number of amides is 1. The van der Waals surface area contributed by atoms with Crippen LogP contribution in [-0.2, 0) is 6.42 Å². The second-order valence-electron chi connectivity index (χ2n) is 5.56. The molecular formula is C18H19NO2. The lowest BCUT2D eigenvalue weighted by molar-refractivity contribution is 0.0940. The maximum atomic E-state index is 12.4. The maximum Gasteiger partial charge on any atom is 0.251 e. The second kappa shape index (κ2) is 5.60. The standard InChI is InChI=1S/C18H19NO2/c1-12-10-16-11-15(8-9-17(16)21-12)18(20)19-13(2)14-6-4-3-5-7-14/h3-9,11-13H,10H2,1-2H3,(H,19,20)/t12-,13-/m0/s1. The zero-order valence-electron chi connectivity index (χ0n) is 12.3. The molecule has 2 atom stereocenters. The summed E-state index contributed by atoms with van der Waals surface area (Å²) in [5.41, 5.74) is 2.90. The molecule has 0 saturated carbocycles. The largest absolute Gasteiger partial charge is 0.490 e. The number of fused-ring (bicyclic) bond motifs is 1. The summed E-state index contributed by atoms with van der Waals surface area (Å²) >= 11 is 0. The van der Waals surface area contributed by atoms with Gasteiger partial charge in [-0.1, -0.05) is 30.3 Å².